The van der Waals surface area contributed by atoms with Crippen LogP contribution in [0.4, 0.5) is 0 Å². The lowest BCUT2D eigenvalue weighted by Crippen LogP contribution is -2.02. The number of hydrogen-bond donors (Lipinski definition) is 0. The molecule has 3 rings (SSSR count). The van der Waals surface area contributed by atoms with Crippen molar-refractivity contribution in [3.8, 4) is 11.1 Å². The maximum atomic E-state index is 12.0. The van der Waals surface area contributed by atoms with Crippen LogP contribution in [-0.2, 0) is 0 Å². The highest BCUT2D eigenvalue weighted by atomic mass is 35.5. The molecule has 0 bridgehead atoms. The Labute approximate surface area is 119 Å². The van der Waals surface area contributed by atoms with Crippen LogP contribution in [0.5, 0.6) is 0 Å². The minimum absolute atomic E-state index is 0.392. The predicted octanol–water partition coefficient (Wildman–Crippen LogP) is 4.77. The van der Waals surface area contributed by atoms with Gasteiger partial charge in [0.25, 0.3) is 0 Å². The van der Waals surface area contributed by atoms with Crippen LogP contribution in [-0.4, -0.2) is 0 Å². The summed E-state index contributed by atoms with van der Waals surface area (Å²) in [5, 5.41) is 1.73. The lowest BCUT2D eigenvalue weighted by molar-refractivity contribution is 0.563. The molecule has 0 saturated heterocycles. The molecule has 3 aromatic rings. The van der Waals surface area contributed by atoms with Gasteiger partial charge in [-0.1, -0.05) is 47.5 Å². The number of benzene rings is 2. The average molecular weight is 291 g/mol. The van der Waals surface area contributed by atoms with Gasteiger partial charge in [-0.15, -0.1) is 0 Å². The summed E-state index contributed by atoms with van der Waals surface area (Å²) in [4.78, 5) is 12.0. The van der Waals surface area contributed by atoms with E-state index in [2.05, 4.69) is 0 Å². The first-order chi connectivity index (χ1) is 9.15. The van der Waals surface area contributed by atoms with E-state index >= 15 is 0 Å². The van der Waals surface area contributed by atoms with Crippen molar-refractivity contribution < 1.29 is 4.42 Å². The van der Waals surface area contributed by atoms with E-state index in [1.54, 1.807) is 30.3 Å². The van der Waals surface area contributed by atoms with Gasteiger partial charge in [-0.05, 0) is 29.8 Å². The van der Waals surface area contributed by atoms with Crippen LogP contribution in [0.3, 0.4) is 0 Å². The smallest absolute Gasteiger partial charge is 0.344 e. The first-order valence-corrected chi connectivity index (χ1v) is 6.39. The highest BCUT2D eigenvalue weighted by Crippen LogP contribution is 2.28. The van der Waals surface area contributed by atoms with Crippen molar-refractivity contribution in [2.24, 2.45) is 0 Å². The molecule has 0 N–H and O–H groups in total. The van der Waals surface area contributed by atoms with Crippen molar-refractivity contribution in [3.05, 3.63) is 69.0 Å². The van der Waals surface area contributed by atoms with E-state index in [0.29, 0.717) is 26.8 Å². The molecule has 0 fully saturated rings. The summed E-state index contributed by atoms with van der Waals surface area (Å²) in [6, 6.07) is 14.2. The largest absolute Gasteiger partial charge is 0.422 e. The Kier molecular flexibility index (Phi) is 3.05. The van der Waals surface area contributed by atoms with E-state index in [1.807, 2.05) is 18.2 Å². The van der Waals surface area contributed by atoms with E-state index in [-0.39, 0.29) is 0 Å². The third-order valence-electron chi connectivity index (χ3n) is 2.87. The third-order valence-corrected chi connectivity index (χ3v) is 3.61. The minimum Gasteiger partial charge on any atom is -0.422 e. The molecule has 94 valence electrons. The van der Waals surface area contributed by atoms with Gasteiger partial charge in [0.2, 0.25) is 0 Å². The van der Waals surface area contributed by atoms with Crippen LogP contribution < -0.4 is 5.63 Å². The second-order valence-electron chi connectivity index (χ2n) is 4.11. The Hall–Kier alpha value is -1.77. The molecular weight excluding hydrogens is 283 g/mol. The van der Waals surface area contributed by atoms with E-state index in [0.717, 1.165) is 5.39 Å². The topological polar surface area (TPSA) is 30.2 Å². The highest BCUT2D eigenvalue weighted by molar-refractivity contribution is 6.42. The molecule has 0 unspecified atom stereocenters. The molecule has 2 nitrogen and oxygen atoms in total. The monoisotopic (exact) mass is 290 g/mol. The van der Waals surface area contributed by atoms with E-state index in [4.69, 9.17) is 27.6 Å². The van der Waals surface area contributed by atoms with Crippen molar-refractivity contribution in [2.75, 3.05) is 0 Å². The van der Waals surface area contributed by atoms with Gasteiger partial charge in [-0.2, -0.15) is 0 Å². The van der Waals surface area contributed by atoms with Crippen LogP contribution in [0.1, 0.15) is 0 Å². The Bertz CT molecular complexity index is 822. The number of halogens is 2. The summed E-state index contributed by atoms with van der Waals surface area (Å²) in [6.45, 7) is 0. The van der Waals surface area contributed by atoms with Crippen molar-refractivity contribution in [3.63, 3.8) is 0 Å². The van der Waals surface area contributed by atoms with Crippen LogP contribution in [0.15, 0.2) is 57.7 Å². The van der Waals surface area contributed by atoms with Gasteiger partial charge < -0.3 is 4.42 Å². The molecule has 0 radical (unpaired) electrons. The molecule has 1 aromatic heterocycles. The summed E-state index contributed by atoms with van der Waals surface area (Å²) in [6.07, 6.45) is 0. The summed E-state index contributed by atoms with van der Waals surface area (Å²) in [7, 11) is 0. The summed E-state index contributed by atoms with van der Waals surface area (Å²) < 4.78 is 5.29. The Balaban J connectivity index is 2.27. The molecule has 0 atom stereocenters. The fourth-order valence-electron chi connectivity index (χ4n) is 1.93. The van der Waals surface area contributed by atoms with Crippen molar-refractivity contribution in [1.29, 1.82) is 0 Å². The molecular formula is C15H8Cl2O2. The standard InChI is InChI=1S/C15H8Cl2O2/c16-12-6-5-9(8-13(12)17)11-7-10-3-1-2-4-14(10)19-15(11)18/h1-8H. The van der Waals surface area contributed by atoms with E-state index in [1.165, 1.54) is 0 Å². The molecule has 0 spiro atoms. The zero-order chi connectivity index (χ0) is 13.4. The molecule has 0 aliphatic rings. The van der Waals surface area contributed by atoms with Crippen molar-refractivity contribution >= 4 is 34.2 Å². The summed E-state index contributed by atoms with van der Waals surface area (Å²) in [5.41, 5.74) is 1.33. The Morgan fingerprint density at radius 3 is 2.47 bits per heavy atom. The van der Waals surface area contributed by atoms with Gasteiger partial charge in [-0.3, -0.25) is 0 Å². The zero-order valence-electron chi connectivity index (χ0n) is 9.69. The van der Waals surface area contributed by atoms with Gasteiger partial charge in [-0.25, -0.2) is 4.79 Å². The number of hydrogen-bond acceptors (Lipinski definition) is 2. The maximum Gasteiger partial charge on any atom is 0.344 e. The Morgan fingerprint density at radius 2 is 1.68 bits per heavy atom. The molecule has 0 aliphatic heterocycles. The highest BCUT2D eigenvalue weighted by Gasteiger charge is 2.09. The average Bonchev–Trinajstić information content (AvgIpc) is 2.41. The number of rotatable bonds is 1. The molecule has 0 aliphatic carbocycles. The first kappa shape index (κ1) is 12.3. The number of fused-ring (bicyclic) bond motifs is 1. The van der Waals surface area contributed by atoms with Gasteiger partial charge in [0.05, 0.1) is 15.6 Å². The molecule has 0 saturated carbocycles. The number of para-hydroxylation sites is 1. The predicted molar refractivity (Wildman–Crippen MR) is 77.9 cm³/mol. The quantitative estimate of drug-likeness (QED) is 0.605. The van der Waals surface area contributed by atoms with Gasteiger partial charge in [0.15, 0.2) is 0 Å². The lowest BCUT2D eigenvalue weighted by Gasteiger charge is -2.03. The fourth-order valence-corrected chi connectivity index (χ4v) is 2.22. The molecule has 0 amide bonds. The molecule has 2 aromatic carbocycles. The van der Waals surface area contributed by atoms with E-state index in [9.17, 15) is 4.79 Å². The van der Waals surface area contributed by atoms with Gasteiger partial charge in [0.1, 0.15) is 5.58 Å². The lowest BCUT2D eigenvalue weighted by atomic mass is 10.1. The molecule has 1 heterocycles. The van der Waals surface area contributed by atoms with Crippen LogP contribution in [0.25, 0.3) is 22.1 Å². The third kappa shape index (κ3) is 2.25. The van der Waals surface area contributed by atoms with Crippen molar-refractivity contribution in [2.45, 2.75) is 0 Å². The van der Waals surface area contributed by atoms with E-state index < -0.39 is 5.63 Å². The zero-order valence-corrected chi connectivity index (χ0v) is 11.2. The van der Waals surface area contributed by atoms with Gasteiger partial charge >= 0.3 is 5.63 Å². The maximum absolute atomic E-state index is 12.0. The Morgan fingerprint density at radius 1 is 0.895 bits per heavy atom. The molecule has 19 heavy (non-hydrogen) atoms. The normalized spacial score (nSPS) is 10.8. The van der Waals surface area contributed by atoms with Crippen molar-refractivity contribution in [1.82, 2.24) is 0 Å². The van der Waals surface area contributed by atoms with Gasteiger partial charge in [0, 0.05) is 5.39 Å². The SMILES string of the molecule is O=c1oc2ccccc2cc1-c1ccc(Cl)c(Cl)c1. The minimum atomic E-state index is -0.392. The fraction of sp³-hybridized carbons (Fsp3) is 0. The first-order valence-electron chi connectivity index (χ1n) is 5.63. The van der Waals surface area contributed by atoms with Crippen LogP contribution in [0, 0.1) is 0 Å². The second kappa shape index (κ2) is 4.72. The molecule has 4 heteroatoms. The second-order valence-corrected chi connectivity index (χ2v) is 4.93. The summed E-state index contributed by atoms with van der Waals surface area (Å²) >= 11 is 11.8. The summed E-state index contributed by atoms with van der Waals surface area (Å²) in [5.74, 6) is 0. The van der Waals surface area contributed by atoms with Crippen LogP contribution in [0.2, 0.25) is 10.0 Å². The van der Waals surface area contributed by atoms with Crippen LogP contribution >= 0.6 is 23.2 Å².